The minimum absolute atomic E-state index is 0.231. The van der Waals surface area contributed by atoms with Gasteiger partial charge >= 0.3 is 0 Å². The number of ether oxygens (including phenoxy) is 2. The van der Waals surface area contributed by atoms with E-state index in [4.69, 9.17) is 20.9 Å². The van der Waals surface area contributed by atoms with Crippen LogP contribution in [0.4, 0.5) is 11.4 Å². The summed E-state index contributed by atoms with van der Waals surface area (Å²) in [5.74, 6) is 1.81. The quantitative estimate of drug-likeness (QED) is 0.202. The van der Waals surface area contributed by atoms with Gasteiger partial charge in [-0.1, -0.05) is 12.1 Å². The minimum Gasteiger partial charge on any atom is -0.457 e. The average Bonchev–Trinajstić information content (AvgIpc) is 2.80. The van der Waals surface area contributed by atoms with Crippen LogP contribution in [-0.2, 0) is 0 Å². The number of ketones is 2. The fourth-order valence-electron chi connectivity index (χ4n) is 3.20. The molecule has 6 nitrogen and oxygen atoms in total. The number of carbonyl (C=O) groups is 2. The summed E-state index contributed by atoms with van der Waals surface area (Å²) in [6.45, 7) is 0. The molecule has 33 heavy (non-hydrogen) atoms. The summed E-state index contributed by atoms with van der Waals surface area (Å²) in [6, 6.07) is 27.4. The van der Waals surface area contributed by atoms with Crippen molar-refractivity contribution < 1.29 is 19.1 Å². The smallest absolute Gasteiger partial charge is 0.170 e. The van der Waals surface area contributed by atoms with Gasteiger partial charge in [0.2, 0.25) is 0 Å². The van der Waals surface area contributed by atoms with Crippen molar-refractivity contribution in [3.8, 4) is 23.0 Å². The maximum atomic E-state index is 12.6. The van der Waals surface area contributed by atoms with Crippen molar-refractivity contribution in [2.75, 3.05) is 11.5 Å². The molecule has 0 spiro atoms. The predicted molar refractivity (Wildman–Crippen MR) is 128 cm³/mol. The number of benzene rings is 4. The summed E-state index contributed by atoms with van der Waals surface area (Å²) < 4.78 is 11.5. The summed E-state index contributed by atoms with van der Waals surface area (Å²) in [7, 11) is 0. The maximum Gasteiger partial charge on any atom is 0.170 e. The van der Waals surface area contributed by atoms with Crippen LogP contribution in [0.5, 0.6) is 23.0 Å². The van der Waals surface area contributed by atoms with Gasteiger partial charge in [0, 0.05) is 34.6 Å². The van der Waals surface area contributed by atoms with Crippen molar-refractivity contribution >= 4 is 22.9 Å². The number of Topliss-reactive ketones (excluding diaryl/α,β-unsaturated/α-hetero) is 2. The lowest BCUT2D eigenvalue weighted by atomic mass is 10.0. The molecule has 0 atom stereocenters. The summed E-state index contributed by atoms with van der Waals surface area (Å²) in [5, 5.41) is 0. The van der Waals surface area contributed by atoms with Crippen molar-refractivity contribution in [3.63, 3.8) is 0 Å². The average molecular weight is 438 g/mol. The Labute approximate surface area is 191 Å². The Balaban J connectivity index is 1.35. The molecule has 0 saturated heterocycles. The van der Waals surface area contributed by atoms with E-state index >= 15 is 0 Å². The second kappa shape index (κ2) is 9.70. The van der Waals surface area contributed by atoms with Crippen LogP contribution in [0.3, 0.4) is 0 Å². The van der Waals surface area contributed by atoms with Crippen LogP contribution in [0.15, 0.2) is 97.1 Å². The second-order valence-electron chi connectivity index (χ2n) is 7.42. The van der Waals surface area contributed by atoms with E-state index in [2.05, 4.69) is 0 Å². The molecule has 4 aromatic rings. The molecule has 0 radical (unpaired) electrons. The molecule has 0 amide bonds. The van der Waals surface area contributed by atoms with Gasteiger partial charge in [0.1, 0.15) is 23.0 Å². The first-order valence-corrected chi connectivity index (χ1v) is 10.3. The lowest BCUT2D eigenvalue weighted by Crippen LogP contribution is -2.08. The largest absolute Gasteiger partial charge is 0.457 e. The van der Waals surface area contributed by atoms with E-state index in [0.717, 1.165) is 0 Å². The number of anilines is 2. The van der Waals surface area contributed by atoms with Gasteiger partial charge in [-0.3, -0.25) is 9.59 Å². The number of carbonyl (C=O) groups excluding carboxylic acids is 2. The summed E-state index contributed by atoms with van der Waals surface area (Å²) in [5.41, 5.74) is 13.6. The standard InChI is InChI=1S/C27H22N2O4/c28-20-3-1-5-24(15-20)32-22-11-7-18(8-12-22)26(30)17-27(31)19-9-13-23(14-10-19)33-25-6-2-4-21(29)16-25/h1-16H,17,28-29H2. The van der Waals surface area contributed by atoms with Crippen LogP contribution in [0, 0.1) is 0 Å². The van der Waals surface area contributed by atoms with Crippen molar-refractivity contribution in [2.45, 2.75) is 6.42 Å². The number of nitrogen functional groups attached to an aromatic ring is 2. The zero-order valence-corrected chi connectivity index (χ0v) is 17.7. The van der Waals surface area contributed by atoms with Crippen LogP contribution >= 0.6 is 0 Å². The highest BCUT2D eigenvalue weighted by molar-refractivity contribution is 6.13. The summed E-state index contributed by atoms with van der Waals surface area (Å²) in [4.78, 5) is 25.1. The van der Waals surface area contributed by atoms with Gasteiger partial charge in [0.15, 0.2) is 11.6 Å². The van der Waals surface area contributed by atoms with E-state index in [-0.39, 0.29) is 18.0 Å². The van der Waals surface area contributed by atoms with Crippen molar-refractivity contribution in [2.24, 2.45) is 0 Å². The molecule has 0 saturated carbocycles. The predicted octanol–water partition coefficient (Wildman–Crippen LogP) is 5.89. The van der Waals surface area contributed by atoms with Gasteiger partial charge in [-0.2, -0.15) is 0 Å². The molecule has 0 aliphatic heterocycles. The highest BCUT2D eigenvalue weighted by Crippen LogP contribution is 2.25. The normalized spacial score (nSPS) is 10.4. The lowest BCUT2D eigenvalue weighted by Gasteiger charge is -2.08. The molecule has 6 heteroatoms. The molecule has 0 bridgehead atoms. The molecule has 0 fully saturated rings. The van der Waals surface area contributed by atoms with Crippen molar-refractivity contribution in [1.29, 1.82) is 0 Å². The first-order chi connectivity index (χ1) is 16.0. The van der Waals surface area contributed by atoms with Gasteiger partial charge in [-0.25, -0.2) is 0 Å². The Morgan fingerprint density at radius 2 is 0.939 bits per heavy atom. The highest BCUT2D eigenvalue weighted by Gasteiger charge is 2.14. The van der Waals surface area contributed by atoms with Gasteiger partial charge in [-0.15, -0.1) is 0 Å². The Morgan fingerprint density at radius 3 is 1.30 bits per heavy atom. The Kier molecular flexibility index (Phi) is 6.36. The number of hydrogen-bond donors (Lipinski definition) is 2. The van der Waals surface area contributed by atoms with Gasteiger partial charge in [0.25, 0.3) is 0 Å². The lowest BCUT2D eigenvalue weighted by molar-refractivity contribution is 0.0894. The topological polar surface area (TPSA) is 105 Å². The van der Waals surface area contributed by atoms with Crippen LogP contribution < -0.4 is 20.9 Å². The zero-order valence-electron chi connectivity index (χ0n) is 17.7. The van der Waals surface area contributed by atoms with E-state index in [1.807, 2.05) is 0 Å². The molecule has 164 valence electrons. The minimum atomic E-state index is -0.268. The van der Waals surface area contributed by atoms with E-state index in [1.54, 1.807) is 97.1 Å². The Morgan fingerprint density at radius 1 is 0.545 bits per heavy atom. The fourth-order valence-corrected chi connectivity index (χ4v) is 3.20. The molecule has 4 rings (SSSR count). The maximum absolute atomic E-state index is 12.6. The van der Waals surface area contributed by atoms with Crippen LogP contribution in [-0.4, -0.2) is 11.6 Å². The second-order valence-corrected chi connectivity index (χ2v) is 7.42. The Bertz CT molecular complexity index is 1180. The third-order valence-electron chi connectivity index (χ3n) is 4.86. The van der Waals surface area contributed by atoms with Crippen molar-refractivity contribution in [3.05, 3.63) is 108 Å². The molecule has 0 aliphatic carbocycles. The van der Waals surface area contributed by atoms with Crippen LogP contribution in [0.1, 0.15) is 27.1 Å². The fraction of sp³-hybridized carbons (Fsp3) is 0.0370. The van der Waals surface area contributed by atoms with Crippen molar-refractivity contribution in [1.82, 2.24) is 0 Å². The van der Waals surface area contributed by atoms with Crippen LogP contribution in [0.25, 0.3) is 0 Å². The van der Waals surface area contributed by atoms with Gasteiger partial charge < -0.3 is 20.9 Å². The third-order valence-corrected chi connectivity index (χ3v) is 4.86. The molecule has 0 aromatic heterocycles. The monoisotopic (exact) mass is 438 g/mol. The first kappa shape index (κ1) is 21.6. The zero-order chi connectivity index (χ0) is 23.2. The van der Waals surface area contributed by atoms with E-state index < -0.39 is 0 Å². The summed E-state index contributed by atoms with van der Waals surface area (Å²) >= 11 is 0. The van der Waals surface area contributed by atoms with E-state index in [9.17, 15) is 9.59 Å². The molecular weight excluding hydrogens is 416 g/mol. The van der Waals surface area contributed by atoms with E-state index in [1.165, 1.54) is 0 Å². The molecule has 0 unspecified atom stereocenters. The SMILES string of the molecule is Nc1cccc(Oc2ccc(C(=O)CC(=O)c3ccc(Oc4cccc(N)c4)cc3)cc2)c1. The molecule has 0 heterocycles. The third kappa shape index (κ3) is 5.77. The molecule has 4 N–H and O–H groups in total. The molecular formula is C27H22N2O4. The van der Waals surface area contributed by atoms with Gasteiger partial charge in [-0.05, 0) is 72.8 Å². The Hall–Kier alpha value is -4.58. The van der Waals surface area contributed by atoms with E-state index in [0.29, 0.717) is 45.5 Å². The molecule has 4 aromatic carbocycles. The van der Waals surface area contributed by atoms with Crippen LogP contribution in [0.2, 0.25) is 0 Å². The highest BCUT2D eigenvalue weighted by atomic mass is 16.5. The van der Waals surface area contributed by atoms with Gasteiger partial charge in [0.05, 0.1) is 6.42 Å². The number of hydrogen-bond acceptors (Lipinski definition) is 6. The number of nitrogens with two attached hydrogens (primary N) is 2. The summed E-state index contributed by atoms with van der Waals surface area (Å²) in [6.07, 6.45) is -0.231. The first-order valence-electron chi connectivity index (χ1n) is 10.3. The molecule has 0 aliphatic rings. The number of rotatable bonds is 8.